The van der Waals surface area contributed by atoms with Crippen molar-refractivity contribution in [2.24, 2.45) is 5.73 Å². The highest BCUT2D eigenvalue weighted by molar-refractivity contribution is 4.81. The second kappa shape index (κ2) is 5.49. The number of rotatable bonds is 6. The number of halogens is 1. The molecule has 12 heavy (non-hydrogen) atoms. The number of hydrogen-bond donors (Lipinski definition) is 1. The second-order valence-electron chi connectivity index (χ2n) is 3.64. The molecule has 2 nitrogen and oxygen atoms in total. The third kappa shape index (κ3) is 3.50. The number of alkyl halides is 1. The minimum Gasteiger partial charge on any atom is -0.329 e. The van der Waals surface area contributed by atoms with Crippen molar-refractivity contribution in [1.82, 2.24) is 4.90 Å². The lowest BCUT2D eigenvalue weighted by Crippen LogP contribution is -2.49. The molecule has 0 unspecified atom stereocenters. The molecule has 0 radical (unpaired) electrons. The predicted molar refractivity (Wildman–Crippen MR) is 51.0 cm³/mol. The van der Waals surface area contributed by atoms with Gasteiger partial charge < -0.3 is 5.73 Å². The van der Waals surface area contributed by atoms with Gasteiger partial charge in [-0.15, -0.1) is 0 Å². The van der Waals surface area contributed by atoms with Gasteiger partial charge in [0.1, 0.15) is 0 Å². The van der Waals surface area contributed by atoms with E-state index in [1.54, 1.807) is 0 Å². The Hall–Kier alpha value is -0.150. The zero-order chi connectivity index (χ0) is 9.61. The SMILES string of the molecule is CCN(CCCF)C(C)(C)CN. The van der Waals surface area contributed by atoms with Gasteiger partial charge in [0.25, 0.3) is 0 Å². The molecule has 0 amide bonds. The van der Waals surface area contributed by atoms with Crippen molar-refractivity contribution in [3.8, 4) is 0 Å². The fraction of sp³-hybridized carbons (Fsp3) is 1.00. The normalized spacial score (nSPS) is 12.5. The summed E-state index contributed by atoms with van der Waals surface area (Å²) in [6.07, 6.45) is 0.608. The summed E-state index contributed by atoms with van der Waals surface area (Å²) in [5, 5.41) is 0. The Morgan fingerprint density at radius 1 is 1.42 bits per heavy atom. The average molecular weight is 176 g/mol. The fourth-order valence-electron chi connectivity index (χ4n) is 1.27. The van der Waals surface area contributed by atoms with E-state index in [1.807, 2.05) is 0 Å². The van der Waals surface area contributed by atoms with Crippen LogP contribution in [-0.4, -0.2) is 36.7 Å². The van der Waals surface area contributed by atoms with Gasteiger partial charge in [0.15, 0.2) is 0 Å². The van der Waals surface area contributed by atoms with E-state index in [0.717, 1.165) is 13.1 Å². The lowest BCUT2D eigenvalue weighted by molar-refractivity contribution is 0.129. The lowest BCUT2D eigenvalue weighted by atomic mass is 10.0. The summed E-state index contributed by atoms with van der Waals surface area (Å²) < 4.78 is 11.9. The van der Waals surface area contributed by atoms with Crippen LogP contribution in [0, 0.1) is 0 Å². The van der Waals surface area contributed by atoms with Gasteiger partial charge in [-0.25, -0.2) is 0 Å². The molecule has 0 aromatic carbocycles. The minimum absolute atomic E-state index is 0.00389. The summed E-state index contributed by atoms with van der Waals surface area (Å²) >= 11 is 0. The van der Waals surface area contributed by atoms with E-state index in [4.69, 9.17) is 5.73 Å². The van der Waals surface area contributed by atoms with Gasteiger partial charge >= 0.3 is 0 Å². The van der Waals surface area contributed by atoms with Crippen LogP contribution in [-0.2, 0) is 0 Å². The molecule has 0 rings (SSSR count). The van der Waals surface area contributed by atoms with Crippen molar-refractivity contribution in [2.45, 2.75) is 32.7 Å². The molecule has 0 fully saturated rings. The largest absolute Gasteiger partial charge is 0.329 e. The second-order valence-corrected chi connectivity index (χ2v) is 3.64. The van der Waals surface area contributed by atoms with Crippen molar-refractivity contribution < 1.29 is 4.39 Å². The summed E-state index contributed by atoms with van der Waals surface area (Å²) in [6.45, 7) is 8.38. The van der Waals surface area contributed by atoms with Gasteiger partial charge in [0.05, 0.1) is 6.67 Å². The van der Waals surface area contributed by atoms with Crippen molar-refractivity contribution in [3.63, 3.8) is 0 Å². The third-order valence-electron chi connectivity index (χ3n) is 2.30. The third-order valence-corrected chi connectivity index (χ3v) is 2.30. The summed E-state index contributed by atoms with van der Waals surface area (Å²) in [5.74, 6) is 0. The van der Waals surface area contributed by atoms with Crippen LogP contribution in [0.4, 0.5) is 4.39 Å². The predicted octanol–water partition coefficient (Wildman–Crippen LogP) is 1.41. The van der Waals surface area contributed by atoms with Gasteiger partial charge in [0.2, 0.25) is 0 Å². The highest BCUT2D eigenvalue weighted by Gasteiger charge is 2.22. The average Bonchev–Trinajstić information content (AvgIpc) is 2.05. The first-order valence-corrected chi connectivity index (χ1v) is 4.59. The van der Waals surface area contributed by atoms with Crippen molar-refractivity contribution in [3.05, 3.63) is 0 Å². The summed E-state index contributed by atoms with van der Waals surface area (Å²) in [4.78, 5) is 2.21. The zero-order valence-electron chi connectivity index (χ0n) is 8.44. The van der Waals surface area contributed by atoms with Crippen LogP contribution in [0.2, 0.25) is 0 Å². The van der Waals surface area contributed by atoms with Crippen LogP contribution in [0.1, 0.15) is 27.2 Å². The van der Waals surface area contributed by atoms with Crippen LogP contribution < -0.4 is 5.73 Å². The van der Waals surface area contributed by atoms with Crippen LogP contribution in [0.5, 0.6) is 0 Å². The molecule has 0 heterocycles. The molecule has 0 spiro atoms. The topological polar surface area (TPSA) is 29.3 Å². The monoisotopic (exact) mass is 176 g/mol. The molecular weight excluding hydrogens is 155 g/mol. The van der Waals surface area contributed by atoms with E-state index in [1.165, 1.54) is 0 Å². The van der Waals surface area contributed by atoms with E-state index in [0.29, 0.717) is 13.0 Å². The molecule has 0 bridgehead atoms. The Bertz CT molecular complexity index is 115. The lowest BCUT2D eigenvalue weighted by Gasteiger charge is -2.36. The summed E-state index contributed by atoms with van der Waals surface area (Å²) in [5.41, 5.74) is 5.62. The van der Waals surface area contributed by atoms with E-state index < -0.39 is 0 Å². The smallest absolute Gasteiger partial charge is 0.0906 e. The Kier molecular flexibility index (Phi) is 5.42. The number of likely N-dealkylation sites (N-methyl/N-ethyl adjacent to an activating group) is 1. The maximum atomic E-state index is 11.9. The highest BCUT2D eigenvalue weighted by atomic mass is 19.1. The quantitative estimate of drug-likeness (QED) is 0.663. The van der Waals surface area contributed by atoms with Crippen molar-refractivity contribution >= 4 is 0 Å². The van der Waals surface area contributed by atoms with Gasteiger partial charge in [-0.05, 0) is 26.8 Å². The first-order chi connectivity index (χ1) is 5.58. The van der Waals surface area contributed by atoms with Crippen molar-refractivity contribution in [2.75, 3.05) is 26.3 Å². The van der Waals surface area contributed by atoms with Gasteiger partial charge in [0, 0.05) is 18.6 Å². The van der Waals surface area contributed by atoms with E-state index in [9.17, 15) is 4.39 Å². The number of nitrogens with zero attached hydrogens (tertiary/aromatic N) is 1. The molecular formula is C9H21FN2. The summed E-state index contributed by atoms with van der Waals surface area (Å²) in [6, 6.07) is 0. The standard InChI is InChI=1S/C9H21FN2/c1-4-12(7-5-6-10)9(2,3)8-11/h4-8,11H2,1-3H3. The van der Waals surface area contributed by atoms with Gasteiger partial charge in [-0.3, -0.25) is 9.29 Å². The zero-order valence-corrected chi connectivity index (χ0v) is 8.44. The van der Waals surface area contributed by atoms with Crippen molar-refractivity contribution in [1.29, 1.82) is 0 Å². The molecule has 74 valence electrons. The molecule has 0 aromatic rings. The molecule has 3 heteroatoms. The van der Waals surface area contributed by atoms with Crippen LogP contribution in [0.15, 0.2) is 0 Å². The highest BCUT2D eigenvalue weighted by Crippen LogP contribution is 2.12. The maximum absolute atomic E-state index is 11.9. The van der Waals surface area contributed by atoms with Crippen LogP contribution in [0.3, 0.4) is 0 Å². The molecule has 0 aliphatic rings. The van der Waals surface area contributed by atoms with E-state index in [2.05, 4.69) is 25.7 Å². The number of hydrogen-bond acceptors (Lipinski definition) is 2. The minimum atomic E-state index is -0.239. The molecule has 0 aliphatic carbocycles. The first kappa shape index (κ1) is 11.8. The van der Waals surface area contributed by atoms with E-state index in [-0.39, 0.29) is 12.2 Å². The van der Waals surface area contributed by atoms with Gasteiger partial charge in [-0.2, -0.15) is 0 Å². The molecule has 0 aliphatic heterocycles. The molecule has 0 saturated carbocycles. The summed E-state index contributed by atoms with van der Waals surface area (Å²) in [7, 11) is 0. The fourth-order valence-corrected chi connectivity index (χ4v) is 1.27. The maximum Gasteiger partial charge on any atom is 0.0906 e. The first-order valence-electron chi connectivity index (χ1n) is 4.59. The Labute approximate surface area is 74.9 Å². The van der Waals surface area contributed by atoms with Crippen LogP contribution >= 0.6 is 0 Å². The Balaban J connectivity index is 3.95. The number of nitrogens with two attached hydrogens (primary N) is 1. The Morgan fingerprint density at radius 2 is 2.00 bits per heavy atom. The molecule has 0 atom stereocenters. The van der Waals surface area contributed by atoms with E-state index >= 15 is 0 Å². The van der Waals surface area contributed by atoms with Crippen LogP contribution in [0.25, 0.3) is 0 Å². The molecule has 0 aromatic heterocycles. The van der Waals surface area contributed by atoms with Gasteiger partial charge in [-0.1, -0.05) is 6.92 Å². The molecule has 2 N–H and O–H groups in total. The Morgan fingerprint density at radius 3 is 2.33 bits per heavy atom. The molecule has 0 saturated heterocycles.